The van der Waals surface area contributed by atoms with E-state index in [2.05, 4.69) is 29.7 Å². The molecule has 0 bridgehead atoms. The van der Waals surface area contributed by atoms with Gasteiger partial charge in [0.2, 0.25) is 0 Å². The number of benzene rings is 3. The van der Waals surface area contributed by atoms with Crippen LogP contribution in [0.15, 0.2) is 78.9 Å². The maximum absolute atomic E-state index is 12.4. The number of carbonyl (C=O) groups excluding carboxylic acids is 1. The Morgan fingerprint density at radius 1 is 0.962 bits per heavy atom. The topological polar surface area (TPSA) is 41.1 Å². The van der Waals surface area contributed by atoms with Crippen molar-refractivity contribution in [2.45, 2.75) is 19.5 Å². The minimum atomic E-state index is -0.210. The highest BCUT2D eigenvalue weighted by molar-refractivity contribution is 6.34. The summed E-state index contributed by atoms with van der Waals surface area (Å²) in [7, 11) is 0. The summed E-state index contributed by atoms with van der Waals surface area (Å²) in [6.45, 7) is 2.85. The molecule has 0 saturated carbocycles. The van der Waals surface area contributed by atoms with Crippen LogP contribution in [-0.2, 0) is 6.54 Å². The molecule has 0 heterocycles. The summed E-state index contributed by atoms with van der Waals surface area (Å²) in [5.74, 6) is -0.210. The Morgan fingerprint density at radius 2 is 1.69 bits per heavy atom. The van der Waals surface area contributed by atoms with E-state index in [0.717, 1.165) is 11.3 Å². The first-order valence-electron chi connectivity index (χ1n) is 8.56. The summed E-state index contributed by atoms with van der Waals surface area (Å²) < 4.78 is 0. The first-order chi connectivity index (χ1) is 12.6. The number of rotatable bonds is 6. The van der Waals surface area contributed by atoms with Crippen LogP contribution in [0.2, 0.25) is 5.02 Å². The van der Waals surface area contributed by atoms with Crippen LogP contribution in [0.25, 0.3) is 0 Å². The summed E-state index contributed by atoms with van der Waals surface area (Å²) in [4.78, 5) is 12.4. The smallest absolute Gasteiger partial charge is 0.257 e. The Labute approximate surface area is 159 Å². The van der Waals surface area contributed by atoms with Crippen molar-refractivity contribution in [2.75, 3.05) is 5.32 Å². The van der Waals surface area contributed by atoms with Gasteiger partial charge >= 0.3 is 0 Å². The quantitative estimate of drug-likeness (QED) is 0.611. The van der Waals surface area contributed by atoms with Gasteiger partial charge in [-0.3, -0.25) is 4.79 Å². The number of hydrogen-bond acceptors (Lipinski definition) is 2. The lowest BCUT2D eigenvalue weighted by Gasteiger charge is -2.15. The van der Waals surface area contributed by atoms with Gasteiger partial charge in [0.15, 0.2) is 0 Å². The second kappa shape index (κ2) is 8.65. The molecule has 2 N–H and O–H groups in total. The van der Waals surface area contributed by atoms with Crippen molar-refractivity contribution in [3.8, 4) is 0 Å². The van der Waals surface area contributed by atoms with Crippen molar-refractivity contribution >= 4 is 23.2 Å². The molecule has 4 heteroatoms. The molecule has 3 rings (SSSR count). The van der Waals surface area contributed by atoms with Gasteiger partial charge in [-0.2, -0.15) is 0 Å². The van der Waals surface area contributed by atoms with Gasteiger partial charge in [-0.25, -0.2) is 0 Å². The van der Waals surface area contributed by atoms with Gasteiger partial charge in [0.1, 0.15) is 0 Å². The van der Waals surface area contributed by atoms with Gasteiger partial charge in [0, 0.05) is 18.3 Å². The van der Waals surface area contributed by atoms with Crippen molar-refractivity contribution in [2.24, 2.45) is 0 Å². The molecule has 1 atom stereocenters. The molecule has 132 valence electrons. The number of hydrogen-bond donors (Lipinski definition) is 2. The fourth-order valence-corrected chi connectivity index (χ4v) is 2.95. The van der Waals surface area contributed by atoms with E-state index in [1.807, 2.05) is 42.5 Å². The van der Waals surface area contributed by atoms with Crippen LogP contribution in [0.5, 0.6) is 0 Å². The third kappa shape index (κ3) is 4.72. The largest absolute Gasteiger partial charge is 0.322 e. The van der Waals surface area contributed by atoms with Gasteiger partial charge in [-0.15, -0.1) is 0 Å². The van der Waals surface area contributed by atoms with Crippen molar-refractivity contribution in [3.63, 3.8) is 0 Å². The van der Waals surface area contributed by atoms with Crippen LogP contribution >= 0.6 is 11.6 Å². The molecule has 0 unspecified atom stereocenters. The average molecular weight is 365 g/mol. The standard InChI is InChI=1S/C22H21ClN2O/c1-16(18-9-3-2-4-10-18)24-15-17-8-7-11-19(14-17)25-22(26)20-12-5-6-13-21(20)23/h2-14,16,24H,15H2,1H3,(H,25,26)/t16-/m0/s1. The van der Waals surface area contributed by atoms with Gasteiger partial charge in [-0.1, -0.05) is 66.2 Å². The second-order valence-electron chi connectivity index (χ2n) is 6.15. The molecule has 0 aliphatic rings. The van der Waals surface area contributed by atoms with Crippen LogP contribution < -0.4 is 10.6 Å². The average Bonchev–Trinajstić information content (AvgIpc) is 2.67. The summed E-state index contributed by atoms with van der Waals surface area (Å²) in [6.07, 6.45) is 0. The fourth-order valence-electron chi connectivity index (χ4n) is 2.73. The van der Waals surface area contributed by atoms with E-state index in [0.29, 0.717) is 17.1 Å². The zero-order valence-electron chi connectivity index (χ0n) is 14.6. The molecule has 3 aromatic carbocycles. The fraction of sp³-hybridized carbons (Fsp3) is 0.136. The van der Waals surface area contributed by atoms with Crippen molar-refractivity contribution < 1.29 is 4.79 Å². The van der Waals surface area contributed by atoms with Crippen LogP contribution in [-0.4, -0.2) is 5.91 Å². The Morgan fingerprint density at radius 3 is 2.46 bits per heavy atom. The monoisotopic (exact) mass is 364 g/mol. The minimum Gasteiger partial charge on any atom is -0.322 e. The normalized spacial score (nSPS) is 11.8. The van der Waals surface area contributed by atoms with Crippen LogP contribution in [0.3, 0.4) is 0 Å². The van der Waals surface area contributed by atoms with Crippen molar-refractivity contribution in [1.29, 1.82) is 0 Å². The molecule has 0 aliphatic carbocycles. The van der Waals surface area contributed by atoms with Crippen molar-refractivity contribution in [3.05, 3.63) is 101 Å². The highest BCUT2D eigenvalue weighted by atomic mass is 35.5. The van der Waals surface area contributed by atoms with Crippen LogP contribution in [0.1, 0.15) is 34.5 Å². The number of anilines is 1. The Balaban J connectivity index is 1.63. The first kappa shape index (κ1) is 18.2. The molecule has 0 radical (unpaired) electrons. The first-order valence-corrected chi connectivity index (χ1v) is 8.94. The minimum absolute atomic E-state index is 0.210. The van der Waals surface area contributed by atoms with E-state index in [1.54, 1.807) is 24.3 Å². The van der Waals surface area contributed by atoms with Crippen LogP contribution in [0, 0.1) is 0 Å². The number of nitrogens with one attached hydrogen (secondary N) is 2. The van der Waals surface area contributed by atoms with Crippen molar-refractivity contribution in [1.82, 2.24) is 5.32 Å². The Hall–Kier alpha value is -2.62. The Bertz CT molecular complexity index is 880. The van der Waals surface area contributed by atoms with Gasteiger partial charge in [0.05, 0.1) is 10.6 Å². The molecule has 1 amide bonds. The van der Waals surface area contributed by atoms with E-state index in [-0.39, 0.29) is 11.9 Å². The lowest BCUT2D eigenvalue weighted by Crippen LogP contribution is -2.18. The third-order valence-electron chi connectivity index (χ3n) is 4.22. The molecule has 0 fully saturated rings. The third-order valence-corrected chi connectivity index (χ3v) is 4.54. The highest BCUT2D eigenvalue weighted by Crippen LogP contribution is 2.18. The highest BCUT2D eigenvalue weighted by Gasteiger charge is 2.10. The molecule has 0 spiro atoms. The molecule has 0 aromatic heterocycles. The maximum Gasteiger partial charge on any atom is 0.257 e. The summed E-state index contributed by atoms with van der Waals surface area (Å²) in [5, 5.41) is 6.85. The Kier molecular flexibility index (Phi) is 6.05. The molecule has 0 saturated heterocycles. The zero-order valence-corrected chi connectivity index (χ0v) is 15.3. The number of amides is 1. The summed E-state index contributed by atoms with van der Waals surface area (Å²) >= 11 is 6.09. The molecule has 0 aliphatic heterocycles. The molecular formula is C22H21ClN2O. The van der Waals surface area contributed by atoms with E-state index >= 15 is 0 Å². The predicted octanol–water partition coefficient (Wildman–Crippen LogP) is 5.44. The maximum atomic E-state index is 12.4. The van der Waals surface area contributed by atoms with E-state index in [1.165, 1.54) is 5.56 Å². The predicted molar refractivity (Wildman–Crippen MR) is 108 cm³/mol. The number of carbonyl (C=O) groups is 1. The van der Waals surface area contributed by atoms with E-state index < -0.39 is 0 Å². The van der Waals surface area contributed by atoms with E-state index in [4.69, 9.17) is 11.6 Å². The van der Waals surface area contributed by atoms with Gasteiger partial charge < -0.3 is 10.6 Å². The molecule has 3 aromatic rings. The lowest BCUT2D eigenvalue weighted by atomic mass is 10.1. The lowest BCUT2D eigenvalue weighted by molar-refractivity contribution is 0.102. The molecule has 3 nitrogen and oxygen atoms in total. The van der Waals surface area contributed by atoms with Crippen LogP contribution in [0.4, 0.5) is 5.69 Å². The number of halogens is 1. The van der Waals surface area contributed by atoms with E-state index in [9.17, 15) is 4.79 Å². The summed E-state index contributed by atoms with van der Waals surface area (Å²) in [6, 6.07) is 25.4. The SMILES string of the molecule is C[C@H](NCc1cccc(NC(=O)c2ccccc2Cl)c1)c1ccccc1. The molecule has 26 heavy (non-hydrogen) atoms. The molecular weight excluding hydrogens is 344 g/mol. The summed E-state index contributed by atoms with van der Waals surface area (Å²) in [5.41, 5.74) is 3.57. The van der Waals surface area contributed by atoms with Gasteiger partial charge in [0.25, 0.3) is 5.91 Å². The van der Waals surface area contributed by atoms with Gasteiger partial charge in [-0.05, 0) is 42.3 Å². The zero-order chi connectivity index (χ0) is 18.4. The second-order valence-corrected chi connectivity index (χ2v) is 6.55.